The van der Waals surface area contributed by atoms with Crippen LogP contribution < -0.4 is 10.1 Å². The van der Waals surface area contributed by atoms with Gasteiger partial charge in [0.2, 0.25) is 4.02 Å². The summed E-state index contributed by atoms with van der Waals surface area (Å²) in [5.41, 5.74) is 0.722. The highest BCUT2D eigenvalue weighted by atomic mass is 32.1. The van der Waals surface area contributed by atoms with Crippen LogP contribution in [0.5, 0.6) is 5.75 Å². The molecule has 106 valence electrons. The molecule has 1 saturated carbocycles. The lowest BCUT2D eigenvalue weighted by molar-refractivity contribution is 0.192. The normalized spacial score (nSPS) is 16.2. The Morgan fingerprint density at radius 2 is 2.15 bits per heavy atom. The van der Waals surface area contributed by atoms with E-state index in [9.17, 15) is 4.79 Å². The molecule has 1 N–H and O–H groups in total. The number of hydrogen-bond acceptors (Lipinski definition) is 5. The van der Waals surface area contributed by atoms with Crippen LogP contribution in [0.15, 0.2) is 22.6 Å². The number of carbonyl (C=O) groups is 1. The van der Waals surface area contributed by atoms with Gasteiger partial charge in [0.25, 0.3) is 0 Å². The van der Waals surface area contributed by atoms with E-state index >= 15 is 0 Å². The monoisotopic (exact) mass is 309 g/mol. The largest absolute Gasteiger partial charge is 0.435 e. The SMILES string of the molecule is O=C(NC1CCCCC1)Oc1ccc2oc(=S)sc2c1. The van der Waals surface area contributed by atoms with Crippen LogP contribution in [-0.4, -0.2) is 12.1 Å². The Bertz CT molecular complexity index is 670. The number of hydrogen-bond donors (Lipinski definition) is 1. The summed E-state index contributed by atoms with van der Waals surface area (Å²) in [6.07, 6.45) is 5.30. The minimum absolute atomic E-state index is 0.246. The molecule has 20 heavy (non-hydrogen) atoms. The summed E-state index contributed by atoms with van der Waals surface area (Å²) in [5, 5.41) is 2.92. The number of ether oxygens (including phenoxy) is 1. The molecule has 1 heterocycles. The topological polar surface area (TPSA) is 51.5 Å². The van der Waals surface area contributed by atoms with Crippen molar-refractivity contribution in [3.05, 3.63) is 22.2 Å². The average molecular weight is 309 g/mol. The number of nitrogens with one attached hydrogen (secondary N) is 1. The van der Waals surface area contributed by atoms with Gasteiger partial charge in [-0.3, -0.25) is 0 Å². The second kappa shape index (κ2) is 5.93. The summed E-state index contributed by atoms with van der Waals surface area (Å²) >= 11 is 6.35. The van der Waals surface area contributed by atoms with Crippen LogP contribution in [0.4, 0.5) is 4.79 Å². The van der Waals surface area contributed by atoms with Crippen molar-refractivity contribution in [1.29, 1.82) is 0 Å². The maximum absolute atomic E-state index is 11.8. The number of rotatable bonds is 2. The van der Waals surface area contributed by atoms with E-state index in [1.807, 2.05) is 0 Å². The summed E-state index contributed by atoms with van der Waals surface area (Å²) in [6, 6.07) is 5.51. The Morgan fingerprint density at radius 3 is 2.95 bits per heavy atom. The van der Waals surface area contributed by atoms with E-state index in [1.165, 1.54) is 30.6 Å². The van der Waals surface area contributed by atoms with Gasteiger partial charge < -0.3 is 14.5 Å². The Balaban J connectivity index is 1.65. The van der Waals surface area contributed by atoms with Crippen molar-refractivity contribution in [2.24, 2.45) is 0 Å². The quantitative estimate of drug-likeness (QED) is 0.821. The van der Waals surface area contributed by atoms with Crippen molar-refractivity contribution >= 4 is 39.9 Å². The highest BCUT2D eigenvalue weighted by Crippen LogP contribution is 2.27. The zero-order valence-corrected chi connectivity index (χ0v) is 12.5. The average Bonchev–Trinajstić information content (AvgIpc) is 2.79. The highest BCUT2D eigenvalue weighted by Gasteiger charge is 2.16. The molecule has 4 nitrogen and oxygen atoms in total. The fourth-order valence-electron chi connectivity index (χ4n) is 2.47. The number of fused-ring (bicyclic) bond motifs is 1. The third-order valence-electron chi connectivity index (χ3n) is 3.44. The highest BCUT2D eigenvalue weighted by molar-refractivity contribution is 7.73. The van der Waals surface area contributed by atoms with Gasteiger partial charge in [-0.25, -0.2) is 4.79 Å². The van der Waals surface area contributed by atoms with Crippen molar-refractivity contribution in [2.75, 3.05) is 0 Å². The maximum atomic E-state index is 11.8. The van der Waals surface area contributed by atoms with Crippen LogP contribution in [0, 0.1) is 4.02 Å². The first-order chi connectivity index (χ1) is 9.70. The molecule has 0 saturated heterocycles. The first-order valence-corrected chi connectivity index (χ1v) is 7.95. The van der Waals surface area contributed by atoms with Gasteiger partial charge in [-0.2, -0.15) is 0 Å². The maximum Gasteiger partial charge on any atom is 0.412 e. The van der Waals surface area contributed by atoms with Crippen LogP contribution in [0.1, 0.15) is 32.1 Å². The molecular formula is C14H15NO3S2. The van der Waals surface area contributed by atoms with Crippen molar-refractivity contribution in [3.63, 3.8) is 0 Å². The molecule has 6 heteroatoms. The molecule has 1 amide bonds. The lowest BCUT2D eigenvalue weighted by Crippen LogP contribution is -2.37. The van der Waals surface area contributed by atoms with E-state index in [0.29, 0.717) is 9.77 Å². The molecule has 0 radical (unpaired) electrons. The molecule has 1 aromatic heterocycles. The van der Waals surface area contributed by atoms with E-state index in [0.717, 1.165) is 23.1 Å². The van der Waals surface area contributed by atoms with Crippen molar-refractivity contribution in [2.45, 2.75) is 38.1 Å². The summed E-state index contributed by atoms with van der Waals surface area (Å²) in [7, 11) is 0. The van der Waals surface area contributed by atoms with Crippen LogP contribution >= 0.6 is 23.6 Å². The predicted octanol–water partition coefficient (Wildman–Crippen LogP) is 4.64. The lowest BCUT2D eigenvalue weighted by Gasteiger charge is -2.22. The number of benzene rings is 1. The summed E-state index contributed by atoms with van der Waals surface area (Å²) in [5.74, 6) is 0.512. The third-order valence-corrected chi connectivity index (χ3v) is 4.56. The number of amides is 1. The summed E-state index contributed by atoms with van der Waals surface area (Å²) < 4.78 is 12.0. The van der Waals surface area contributed by atoms with Gasteiger partial charge in [-0.05, 0) is 37.2 Å². The minimum atomic E-state index is -0.386. The van der Waals surface area contributed by atoms with Gasteiger partial charge in [0.05, 0.1) is 4.70 Å². The van der Waals surface area contributed by atoms with Gasteiger partial charge in [0.15, 0.2) is 0 Å². The van der Waals surface area contributed by atoms with Gasteiger partial charge in [0, 0.05) is 12.1 Å². The fraction of sp³-hybridized carbons (Fsp3) is 0.429. The van der Waals surface area contributed by atoms with Gasteiger partial charge in [0.1, 0.15) is 11.3 Å². The van der Waals surface area contributed by atoms with E-state index < -0.39 is 0 Å². The van der Waals surface area contributed by atoms with Crippen molar-refractivity contribution in [3.8, 4) is 5.75 Å². The molecule has 1 fully saturated rings. The summed E-state index contributed by atoms with van der Waals surface area (Å²) in [4.78, 5) is 11.8. The Hall–Kier alpha value is -1.40. The molecule has 0 unspecified atom stereocenters. The zero-order valence-electron chi connectivity index (χ0n) is 10.9. The molecular weight excluding hydrogens is 294 g/mol. The molecule has 0 bridgehead atoms. The van der Waals surface area contributed by atoms with Crippen LogP contribution in [0.25, 0.3) is 10.3 Å². The van der Waals surface area contributed by atoms with Crippen molar-refractivity contribution in [1.82, 2.24) is 5.32 Å². The second-order valence-corrected chi connectivity index (χ2v) is 6.58. The van der Waals surface area contributed by atoms with Gasteiger partial charge in [-0.15, -0.1) is 0 Å². The molecule has 1 aliphatic carbocycles. The molecule has 0 atom stereocenters. The zero-order chi connectivity index (χ0) is 13.9. The van der Waals surface area contributed by atoms with E-state index in [2.05, 4.69) is 5.32 Å². The first-order valence-electron chi connectivity index (χ1n) is 6.73. The third kappa shape index (κ3) is 3.19. The molecule has 3 rings (SSSR count). The van der Waals surface area contributed by atoms with Crippen LogP contribution in [-0.2, 0) is 0 Å². The van der Waals surface area contributed by atoms with E-state index in [1.54, 1.807) is 18.2 Å². The second-order valence-electron chi connectivity index (χ2n) is 4.93. The molecule has 1 aromatic carbocycles. The van der Waals surface area contributed by atoms with Gasteiger partial charge >= 0.3 is 6.09 Å². The molecule has 2 aromatic rings. The van der Waals surface area contributed by atoms with Crippen LogP contribution in [0.3, 0.4) is 0 Å². The molecule has 1 aliphatic rings. The molecule has 0 spiro atoms. The first kappa shape index (κ1) is 13.6. The van der Waals surface area contributed by atoms with Gasteiger partial charge in [-0.1, -0.05) is 30.6 Å². The smallest absolute Gasteiger partial charge is 0.412 e. The Labute approximate surface area is 125 Å². The number of carbonyl (C=O) groups excluding carboxylic acids is 1. The van der Waals surface area contributed by atoms with Crippen LogP contribution in [0.2, 0.25) is 0 Å². The molecule has 0 aliphatic heterocycles. The summed E-state index contributed by atoms with van der Waals surface area (Å²) in [6.45, 7) is 0. The Morgan fingerprint density at radius 1 is 1.35 bits per heavy atom. The minimum Gasteiger partial charge on any atom is -0.435 e. The standard InChI is InChI=1S/C14H15NO3S2/c16-13(15-9-4-2-1-3-5-9)17-10-6-7-11-12(8-10)20-14(19)18-11/h6-9H,1-5H2,(H,15,16). The lowest BCUT2D eigenvalue weighted by atomic mass is 9.96. The van der Waals surface area contributed by atoms with E-state index in [-0.39, 0.29) is 12.1 Å². The fourth-order valence-corrected chi connectivity index (χ4v) is 3.52. The Kier molecular flexibility index (Phi) is 4.03. The van der Waals surface area contributed by atoms with E-state index in [4.69, 9.17) is 21.4 Å². The van der Waals surface area contributed by atoms with Crippen molar-refractivity contribution < 1.29 is 13.9 Å². The predicted molar refractivity (Wildman–Crippen MR) is 81.0 cm³/mol.